The molecule has 59 heavy (non-hydrogen) atoms. The average Bonchev–Trinajstić information content (AvgIpc) is 3.16. The Morgan fingerprint density at radius 2 is 0.746 bits per heavy atom. The van der Waals surface area contributed by atoms with Crippen molar-refractivity contribution >= 4 is 35.1 Å². The Morgan fingerprint density at radius 3 is 0.966 bits per heavy atom. The van der Waals surface area contributed by atoms with Crippen LogP contribution in [0.2, 0.25) is 10.0 Å². The van der Waals surface area contributed by atoms with Gasteiger partial charge in [-0.3, -0.25) is 0 Å². The van der Waals surface area contributed by atoms with E-state index >= 15 is 0 Å². The van der Waals surface area contributed by atoms with E-state index in [4.69, 9.17) is 80.0 Å². The number of rotatable bonds is 28. The van der Waals surface area contributed by atoms with Gasteiger partial charge in [0.15, 0.2) is 0 Å². The molecule has 332 valence electrons. The summed E-state index contributed by atoms with van der Waals surface area (Å²) in [6.07, 6.45) is 0. The van der Waals surface area contributed by atoms with Crippen LogP contribution >= 0.6 is 23.2 Å². The largest absolute Gasteiger partial charge is 0.462 e. The van der Waals surface area contributed by atoms with E-state index in [-0.39, 0.29) is 85.5 Å². The Labute approximate surface area is 359 Å². The van der Waals surface area contributed by atoms with Gasteiger partial charge >= 0.3 is 35.8 Å². The minimum atomic E-state index is -2.44. The van der Waals surface area contributed by atoms with E-state index in [1.165, 1.54) is 13.8 Å². The Morgan fingerprint density at radius 1 is 0.492 bits per heavy atom. The molecular weight excluding hydrogens is 811 g/mol. The summed E-state index contributed by atoms with van der Waals surface area (Å²) >= 11 is 13.9. The third kappa shape index (κ3) is 12.0. The number of ether oxygens (including phenoxy) is 12. The second-order valence-corrected chi connectivity index (χ2v) is 14.0. The van der Waals surface area contributed by atoms with Crippen LogP contribution in [0.3, 0.4) is 0 Å². The molecule has 0 N–H and O–H groups in total. The van der Waals surface area contributed by atoms with E-state index < -0.39 is 41.2 Å². The van der Waals surface area contributed by atoms with Gasteiger partial charge in [0.25, 0.3) is 0 Å². The Kier molecular flexibility index (Phi) is 20.3. The molecule has 0 spiro atoms. The predicted octanol–water partition coefficient (Wildman–Crippen LogP) is 9.22. The molecule has 0 radical (unpaired) electrons. The fourth-order valence-corrected chi connectivity index (χ4v) is 6.14. The Balaban J connectivity index is 2.74. The van der Waals surface area contributed by atoms with E-state index in [1.54, 1.807) is 91.8 Å². The SMILES string of the molecule is C=C(C)C(=O)OC(OCC)(Oc1ccc(C(C)(C)c2ccc(OC(OCC)(OC(=O)C(=C)C)C(OCC)(OCC)OCC)c(Cl)c2)cc1Cl)C(OCC)(OCC)OCC. The smallest absolute Gasteiger partial charge is 0.422 e. The van der Waals surface area contributed by atoms with E-state index in [0.29, 0.717) is 0 Å². The van der Waals surface area contributed by atoms with Crippen molar-refractivity contribution in [2.45, 2.75) is 112 Å². The quantitative estimate of drug-likeness (QED) is 0.0455. The van der Waals surface area contributed by atoms with Crippen molar-refractivity contribution < 1.29 is 66.4 Å². The van der Waals surface area contributed by atoms with Crippen molar-refractivity contribution in [1.29, 1.82) is 0 Å². The first-order valence-corrected chi connectivity index (χ1v) is 20.5. The second kappa shape index (κ2) is 23.1. The van der Waals surface area contributed by atoms with Gasteiger partial charge in [0.2, 0.25) is 0 Å². The number of hydrogen-bond donors (Lipinski definition) is 0. The first-order chi connectivity index (χ1) is 27.8. The molecule has 2 aromatic rings. The molecule has 0 aliphatic rings. The Bertz CT molecular complexity index is 1560. The molecule has 0 aliphatic carbocycles. The lowest BCUT2D eigenvalue weighted by Gasteiger charge is -2.44. The topological polar surface area (TPSA) is 145 Å². The van der Waals surface area contributed by atoms with Crippen LogP contribution < -0.4 is 9.47 Å². The van der Waals surface area contributed by atoms with Gasteiger partial charge in [0.05, 0.1) is 62.9 Å². The monoisotopic (exact) mass is 872 g/mol. The molecule has 0 heterocycles. The van der Waals surface area contributed by atoms with Crippen LogP contribution in [-0.4, -0.2) is 88.7 Å². The average molecular weight is 874 g/mol. The van der Waals surface area contributed by atoms with E-state index in [1.807, 2.05) is 13.8 Å². The van der Waals surface area contributed by atoms with Gasteiger partial charge in [0.1, 0.15) is 11.5 Å². The maximum atomic E-state index is 13.1. The highest BCUT2D eigenvalue weighted by atomic mass is 35.5. The number of halogens is 2. The molecule has 2 atom stereocenters. The number of hydrogen-bond acceptors (Lipinski definition) is 14. The lowest BCUT2D eigenvalue weighted by Crippen LogP contribution is -2.66. The molecule has 0 aromatic heterocycles. The van der Waals surface area contributed by atoms with Crippen molar-refractivity contribution in [1.82, 2.24) is 0 Å². The zero-order valence-electron chi connectivity index (χ0n) is 36.5. The Hall–Kier alpha value is -3.28. The first-order valence-electron chi connectivity index (χ1n) is 19.7. The van der Waals surface area contributed by atoms with E-state index in [0.717, 1.165) is 11.1 Å². The summed E-state index contributed by atoms with van der Waals surface area (Å²) in [5.74, 6) is -10.8. The molecule has 0 fully saturated rings. The van der Waals surface area contributed by atoms with Gasteiger partial charge in [-0.25, -0.2) is 9.59 Å². The highest BCUT2D eigenvalue weighted by molar-refractivity contribution is 6.32. The number of benzene rings is 2. The van der Waals surface area contributed by atoms with Gasteiger partial charge in [-0.05, 0) is 105 Å². The van der Waals surface area contributed by atoms with Crippen LogP contribution in [0, 0.1) is 0 Å². The molecule has 0 aliphatic heterocycles. The normalized spacial score (nSPS) is 14.2. The van der Waals surface area contributed by atoms with Crippen molar-refractivity contribution in [2.24, 2.45) is 0 Å². The molecule has 0 bridgehead atoms. The standard InChI is InChI=1S/C43H62Cl2O14/c1-15-48-40(49-16-2,50-17-3)42(54-21-7,58-37(46)29(9)10)56-35-25-23-31(27-33(35)44)39(13,14)32-24-26-36(34(45)28-32)57-43(55-22-8,59-38(47)30(11)12)41(51-18-4,52-19-5)53-20-6/h23-28H,9,11,15-22H2,1-8,10,12-14H3. The summed E-state index contributed by atoms with van der Waals surface area (Å²) in [6.45, 7) is 28.2. The lowest BCUT2D eigenvalue weighted by atomic mass is 9.78. The number of carbonyl (C=O) groups is 2. The summed E-state index contributed by atoms with van der Waals surface area (Å²) < 4.78 is 72.4. The summed E-state index contributed by atoms with van der Waals surface area (Å²) in [7, 11) is 0. The maximum absolute atomic E-state index is 13.1. The van der Waals surface area contributed by atoms with E-state index in [2.05, 4.69) is 13.2 Å². The summed E-state index contributed by atoms with van der Waals surface area (Å²) in [5, 5.41) is 0.242. The molecule has 2 unspecified atom stereocenters. The molecule has 2 rings (SSSR count). The highest BCUT2D eigenvalue weighted by Gasteiger charge is 2.66. The number of carbonyl (C=O) groups excluding carboxylic acids is 2. The molecule has 14 nitrogen and oxygen atoms in total. The second-order valence-electron chi connectivity index (χ2n) is 13.1. The van der Waals surface area contributed by atoms with Gasteiger partial charge in [-0.15, -0.1) is 0 Å². The number of esters is 2. The lowest BCUT2D eigenvalue weighted by molar-refractivity contribution is -0.533. The zero-order chi connectivity index (χ0) is 44.7. The minimum absolute atomic E-state index is 0.0203. The van der Waals surface area contributed by atoms with Crippen molar-refractivity contribution in [3.63, 3.8) is 0 Å². The van der Waals surface area contributed by atoms with Gasteiger partial charge < -0.3 is 56.8 Å². The van der Waals surface area contributed by atoms with Crippen LogP contribution in [0.25, 0.3) is 0 Å². The predicted molar refractivity (Wildman–Crippen MR) is 222 cm³/mol. The third-order valence-electron chi connectivity index (χ3n) is 8.37. The van der Waals surface area contributed by atoms with Crippen molar-refractivity contribution in [3.8, 4) is 11.5 Å². The first kappa shape index (κ1) is 51.9. The highest BCUT2D eigenvalue weighted by Crippen LogP contribution is 2.44. The summed E-state index contributed by atoms with van der Waals surface area (Å²) in [6, 6.07) is 10.1. The van der Waals surface area contributed by atoms with Crippen molar-refractivity contribution in [2.75, 3.05) is 52.9 Å². The molecule has 0 saturated carbocycles. The zero-order valence-corrected chi connectivity index (χ0v) is 38.0. The molecule has 2 aromatic carbocycles. The maximum Gasteiger partial charge on any atom is 0.462 e. The van der Waals surface area contributed by atoms with Crippen LogP contribution in [0.15, 0.2) is 60.7 Å². The fraction of sp³-hybridized carbons (Fsp3) is 0.581. The summed E-state index contributed by atoms with van der Waals surface area (Å²) in [4.78, 5) is 26.3. The van der Waals surface area contributed by atoms with Crippen LogP contribution in [0.5, 0.6) is 11.5 Å². The molecule has 16 heteroatoms. The van der Waals surface area contributed by atoms with Crippen LogP contribution in [0.4, 0.5) is 0 Å². The van der Waals surface area contributed by atoms with Crippen LogP contribution in [0.1, 0.15) is 94.2 Å². The summed E-state index contributed by atoms with van der Waals surface area (Å²) in [5.41, 5.74) is 0.821. The van der Waals surface area contributed by atoms with Crippen molar-refractivity contribution in [3.05, 3.63) is 81.9 Å². The third-order valence-corrected chi connectivity index (χ3v) is 8.96. The molecule has 0 amide bonds. The van der Waals surface area contributed by atoms with Gasteiger partial charge in [0, 0.05) is 16.6 Å². The van der Waals surface area contributed by atoms with Gasteiger partial charge in [-0.2, -0.15) is 0 Å². The van der Waals surface area contributed by atoms with Gasteiger partial charge in [-0.1, -0.05) is 62.3 Å². The molecular formula is C43H62Cl2O14. The minimum Gasteiger partial charge on any atom is -0.422 e. The van der Waals surface area contributed by atoms with Crippen LogP contribution in [-0.2, 0) is 62.4 Å². The molecule has 0 saturated heterocycles. The fourth-order valence-electron chi connectivity index (χ4n) is 5.71. The van der Waals surface area contributed by atoms with E-state index in [9.17, 15) is 9.59 Å².